The average molecular weight is 373 g/mol. The first-order valence-electron chi connectivity index (χ1n) is 8.20. The number of benzene rings is 1. The van der Waals surface area contributed by atoms with E-state index in [1.807, 2.05) is 6.07 Å². The fourth-order valence-electron chi connectivity index (χ4n) is 2.45. The molecule has 0 saturated heterocycles. The molecule has 7 nitrogen and oxygen atoms in total. The number of carbonyl (C=O) groups excluding carboxylic acids is 1. The van der Waals surface area contributed by atoms with Gasteiger partial charge in [-0.05, 0) is 53.1 Å². The molecule has 1 fully saturated rings. The van der Waals surface area contributed by atoms with Crippen molar-refractivity contribution in [1.29, 1.82) is 0 Å². The van der Waals surface area contributed by atoms with E-state index in [1.54, 1.807) is 29.1 Å². The molecule has 0 bridgehead atoms. The van der Waals surface area contributed by atoms with Crippen molar-refractivity contribution >= 4 is 17.7 Å². The topological polar surface area (TPSA) is 85.8 Å². The molecule has 0 radical (unpaired) electrons. The predicted octanol–water partition coefficient (Wildman–Crippen LogP) is 2.57. The van der Waals surface area contributed by atoms with Gasteiger partial charge in [0, 0.05) is 6.04 Å². The smallest absolute Gasteiger partial charge is 0.238 e. The van der Waals surface area contributed by atoms with Gasteiger partial charge in [0.05, 0.1) is 6.26 Å². The molecule has 1 aromatic carbocycles. The summed E-state index contributed by atoms with van der Waals surface area (Å²) in [6.45, 7) is 0.364. The highest BCUT2D eigenvalue weighted by Gasteiger charge is 2.30. The Balaban J connectivity index is 1.57. The maximum Gasteiger partial charge on any atom is 0.238 e. The van der Waals surface area contributed by atoms with Gasteiger partial charge in [-0.3, -0.25) is 4.79 Å². The second kappa shape index (κ2) is 7.28. The molecule has 2 aromatic heterocycles. The van der Waals surface area contributed by atoms with Gasteiger partial charge in [-0.25, -0.2) is 9.07 Å². The number of hydrogen-bond donors (Lipinski definition) is 1. The van der Waals surface area contributed by atoms with Gasteiger partial charge in [-0.2, -0.15) is 0 Å². The number of carbonyl (C=O) groups is 1. The Hall–Kier alpha value is -2.68. The molecule has 0 spiro atoms. The molecule has 1 aliphatic carbocycles. The zero-order chi connectivity index (χ0) is 17.9. The highest BCUT2D eigenvalue weighted by atomic mass is 32.2. The van der Waals surface area contributed by atoms with Crippen molar-refractivity contribution in [3.05, 3.63) is 59.8 Å². The van der Waals surface area contributed by atoms with E-state index in [1.165, 1.54) is 23.9 Å². The van der Waals surface area contributed by atoms with Crippen LogP contribution in [0.4, 0.5) is 4.39 Å². The summed E-state index contributed by atoms with van der Waals surface area (Å²) in [7, 11) is 0. The predicted molar refractivity (Wildman–Crippen MR) is 91.8 cm³/mol. The van der Waals surface area contributed by atoms with Gasteiger partial charge in [0.25, 0.3) is 0 Å². The Morgan fingerprint density at radius 1 is 1.35 bits per heavy atom. The number of aromatic nitrogens is 4. The van der Waals surface area contributed by atoms with Crippen LogP contribution < -0.4 is 5.32 Å². The third-order valence-electron chi connectivity index (χ3n) is 3.94. The van der Waals surface area contributed by atoms with Crippen LogP contribution in [0.1, 0.15) is 29.4 Å². The number of nitrogens with zero attached hydrogens (tertiary/aromatic N) is 4. The Morgan fingerprint density at radius 3 is 2.85 bits per heavy atom. The third-order valence-corrected chi connectivity index (χ3v) is 5.17. The van der Waals surface area contributed by atoms with Crippen LogP contribution in [-0.2, 0) is 11.3 Å². The first-order chi connectivity index (χ1) is 12.7. The molecule has 134 valence electrons. The van der Waals surface area contributed by atoms with E-state index in [9.17, 15) is 9.18 Å². The minimum Gasteiger partial charge on any atom is -0.467 e. The Labute approximate surface area is 153 Å². The Morgan fingerprint density at radius 2 is 2.15 bits per heavy atom. The summed E-state index contributed by atoms with van der Waals surface area (Å²) < 4.78 is 20.2. The summed E-state index contributed by atoms with van der Waals surface area (Å²) in [6.07, 6.45) is 3.56. The molecular weight excluding hydrogens is 357 g/mol. The van der Waals surface area contributed by atoms with Crippen molar-refractivity contribution in [2.75, 3.05) is 0 Å². The number of furan rings is 1. The van der Waals surface area contributed by atoms with Crippen LogP contribution in [0.15, 0.2) is 52.2 Å². The highest BCUT2D eigenvalue weighted by Crippen LogP contribution is 2.35. The lowest BCUT2D eigenvalue weighted by Gasteiger charge is -2.16. The van der Waals surface area contributed by atoms with E-state index in [0.29, 0.717) is 23.0 Å². The second-order valence-electron chi connectivity index (χ2n) is 6.03. The fourth-order valence-corrected chi connectivity index (χ4v) is 3.44. The van der Waals surface area contributed by atoms with Crippen molar-refractivity contribution in [1.82, 2.24) is 25.5 Å². The lowest BCUT2D eigenvalue weighted by Crippen LogP contribution is -2.30. The molecule has 3 aromatic rings. The molecule has 0 aliphatic heterocycles. The standard InChI is InChI=1S/C17H16FN5O2S/c18-12-5-3-11(4-6-12)15(16(24)19-13-7-8-13)26-17-20-21-22-23(17)10-14-2-1-9-25-14/h1-6,9,13,15H,7-8,10H2,(H,19,24). The van der Waals surface area contributed by atoms with E-state index in [-0.39, 0.29) is 17.8 Å². The lowest BCUT2D eigenvalue weighted by molar-refractivity contribution is -0.120. The van der Waals surface area contributed by atoms with Crippen LogP contribution in [-0.4, -0.2) is 32.2 Å². The zero-order valence-corrected chi connectivity index (χ0v) is 14.5. The van der Waals surface area contributed by atoms with Gasteiger partial charge in [0.2, 0.25) is 11.1 Å². The molecule has 1 amide bonds. The molecule has 1 N–H and O–H groups in total. The number of tetrazole rings is 1. The SMILES string of the molecule is O=C(NC1CC1)C(Sc1nnnn1Cc1ccco1)c1ccc(F)cc1. The van der Waals surface area contributed by atoms with Gasteiger partial charge >= 0.3 is 0 Å². The quantitative estimate of drug-likeness (QED) is 0.641. The van der Waals surface area contributed by atoms with Crippen LogP contribution >= 0.6 is 11.8 Å². The van der Waals surface area contributed by atoms with E-state index in [0.717, 1.165) is 12.8 Å². The van der Waals surface area contributed by atoms with Gasteiger partial charge in [0.1, 0.15) is 23.4 Å². The summed E-state index contributed by atoms with van der Waals surface area (Å²) in [6, 6.07) is 9.76. The van der Waals surface area contributed by atoms with Gasteiger partial charge in [0.15, 0.2) is 0 Å². The molecule has 1 atom stereocenters. The highest BCUT2D eigenvalue weighted by molar-refractivity contribution is 8.00. The van der Waals surface area contributed by atoms with Crippen LogP contribution in [0, 0.1) is 5.82 Å². The fraction of sp³-hybridized carbons (Fsp3) is 0.294. The summed E-state index contributed by atoms with van der Waals surface area (Å²) in [5.41, 5.74) is 0.696. The number of thioether (sulfide) groups is 1. The minimum atomic E-state index is -0.572. The first-order valence-corrected chi connectivity index (χ1v) is 9.08. The molecule has 9 heteroatoms. The average Bonchev–Trinajstić information content (AvgIpc) is 3.11. The van der Waals surface area contributed by atoms with Crippen LogP contribution in [0.2, 0.25) is 0 Å². The Kier molecular flexibility index (Phi) is 4.70. The maximum atomic E-state index is 13.3. The number of amides is 1. The zero-order valence-electron chi connectivity index (χ0n) is 13.7. The molecular formula is C17H16FN5O2S. The molecule has 1 unspecified atom stereocenters. The van der Waals surface area contributed by atoms with Gasteiger partial charge < -0.3 is 9.73 Å². The largest absolute Gasteiger partial charge is 0.467 e. The first kappa shape index (κ1) is 16.8. The molecule has 2 heterocycles. The normalized spacial score (nSPS) is 15.0. The lowest BCUT2D eigenvalue weighted by atomic mass is 10.1. The van der Waals surface area contributed by atoms with Crippen LogP contribution in [0.3, 0.4) is 0 Å². The van der Waals surface area contributed by atoms with Crippen molar-refractivity contribution in [2.24, 2.45) is 0 Å². The van der Waals surface area contributed by atoms with Crippen LogP contribution in [0.5, 0.6) is 0 Å². The van der Waals surface area contributed by atoms with Crippen molar-refractivity contribution in [3.63, 3.8) is 0 Å². The summed E-state index contributed by atoms with van der Waals surface area (Å²) in [5.74, 6) is 0.235. The number of rotatable bonds is 7. The van der Waals surface area contributed by atoms with E-state index in [4.69, 9.17) is 4.42 Å². The van der Waals surface area contributed by atoms with E-state index < -0.39 is 5.25 Å². The maximum absolute atomic E-state index is 13.3. The number of hydrogen-bond acceptors (Lipinski definition) is 6. The molecule has 1 aliphatic rings. The van der Waals surface area contributed by atoms with E-state index in [2.05, 4.69) is 20.8 Å². The molecule has 1 saturated carbocycles. The van der Waals surface area contributed by atoms with Crippen molar-refractivity contribution in [3.8, 4) is 0 Å². The van der Waals surface area contributed by atoms with Gasteiger partial charge in [-0.15, -0.1) is 5.10 Å². The number of halogens is 1. The molecule has 26 heavy (non-hydrogen) atoms. The second-order valence-corrected chi connectivity index (χ2v) is 7.10. The van der Waals surface area contributed by atoms with Crippen molar-refractivity contribution < 1.29 is 13.6 Å². The molecule has 4 rings (SSSR count). The summed E-state index contributed by atoms with van der Waals surface area (Å²) in [5, 5.41) is 14.6. The number of nitrogens with one attached hydrogen (secondary N) is 1. The third kappa shape index (κ3) is 3.93. The monoisotopic (exact) mass is 373 g/mol. The summed E-state index contributed by atoms with van der Waals surface area (Å²) in [4.78, 5) is 12.7. The summed E-state index contributed by atoms with van der Waals surface area (Å²) >= 11 is 1.23. The van der Waals surface area contributed by atoms with Crippen LogP contribution in [0.25, 0.3) is 0 Å². The Bertz CT molecular complexity index is 877. The van der Waals surface area contributed by atoms with Gasteiger partial charge in [-0.1, -0.05) is 23.9 Å². The minimum absolute atomic E-state index is 0.128. The van der Waals surface area contributed by atoms with E-state index >= 15 is 0 Å². The van der Waals surface area contributed by atoms with Crippen molar-refractivity contribution in [2.45, 2.75) is 35.8 Å².